The van der Waals surface area contributed by atoms with E-state index in [-0.39, 0.29) is 10.5 Å². The standard InChI is InChI=1S/C14H11N5O4S/c1-19-11-6-5-8(7-12(11)23-14(19)20)24(21,22)17-10-4-2-3-9-13(10)16-18-15-9/h2-7,17H,1H3,(H,15,16,18). The van der Waals surface area contributed by atoms with Gasteiger partial charge in [-0.1, -0.05) is 6.07 Å². The highest BCUT2D eigenvalue weighted by Crippen LogP contribution is 2.24. The highest BCUT2D eigenvalue weighted by molar-refractivity contribution is 7.92. The fourth-order valence-electron chi connectivity index (χ4n) is 2.44. The number of H-pyrrole nitrogens is 1. The highest BCUT2D eigenvalue weighted by atomic mass is 32.2. The molecule has 0 spiro atoms. The first-order valence-electron chi connectivity index (χ1n) is 6.87. The quantitative estimate of drug-likeness (QED) is 0.575. The molecule has 0 saturated carbocycles. The van der Waals surface area contributed by atoms with Gasteiger partial charge in [0, 0.05) is 13.1 Å². The second kappa shape index (κ2) is 4.93. The van der Waals surface area contributed by atoms with E-state index < -0.39 is 15.8 Å². The van der Waals surface area contributed by atoms with Crippen LogP contribution in [0.4, 0.5) is 5.69 Å². The molecular weight excluding hydrogens is 334 g/mol. The maximum Gasteiger partial charge on any atom is 0.419 e. The van der Waals surface area contributed by atoms with Crippen LogP contribution in [-0.4, -0.2) is 28.4 Å². The van der Waals surface area contributed by atoms with Crippen molar-refractivity contribution in [2.75, 3.05) is 4.72 Å². The summed E-state index contributed by atoms with van der Waals surface area (Å²) in [6.45, 7) is 0. The van der Waals surface area contributed by atoms with Crippen LogP contribution in [0.3, 0.4) is 0 Å². The number of aryl methyl sites for hydroxylation is 1. The Bertz CT molecular complexity index is 1240. The number of aromatic nitrogens is 4. The molecule has 2 aromatic carbocycles. The number of anilines is 1. The predicted octanol–water partition coefficient (Wildman–Crippen LogP) is 1.20. The summed E-state index contributed by atoms with van der Waals surface area (Å²) in [4.78, 5) is 11.5. The number of rotatable bonds is 3. The van der Waals surface area contributed by atoms with E-state index >= 15 is 0 Å². The first-order valence-corrected chi connectivity index (χ1v) is 8.36. The Hall–Kier alpha value is -3.14. The van der Waals surface area contributed by atoms with Crippen molar-refractivity contribution in [1.82, 2.24) is 20.0 Å². The second-order valence-electron chi connectivity index (χ2n) is 5.16. The molecule has 0 fully saturated rings. The Morgan fingerprint density at radius 2 is 2.04 bits per heavy atom. The SMILES string of the molecule is Cn1c(=O)oc2cc(S(=O)(=O)Nc3cccc4n[nH]nc34)ccc21. The van der Waals surface area contributed by atoms with Crippen LogP contribution in [0.25, 0.3) is 22.1 Å². The van der Waals surface area contributed by atoms with Crippen molar-refractivity contribution in [2.45, 2.75) is 4.90 Å². The number of para-hydroxylation sites is 1. The van der Waals surface area contributed by atoms with E-state index in [1.165, 1.54) is 22.8 Å². The van der Waals surface area contributed by atoms with Gasteiger partial charge in [-0.2, -0.15) is 15.4 Å². The number of nitrogens with one attached hydrogen (secondary N) is 2. The van der Waals surface area contributed by atoms with Gasteiger partial charge in [-0.3, -0.25) is 9.29 Å². The third kappa shape index (κ3) is 2.15. The minimum absolute atomic E-state index is 0.0233. The predicted molar refractivity (Wildman–Crippen MR) is 86.2 cm³/mol. The minimum atomic E-state index is -3.88. The molecule has 0 unspecified atom stereocenters. The number of hydrogen-bond donors (Lipinski definition) is 2. The maximum absolute atomic E-state index is 12.6. The number of nitrogens with zero attached hydrogens (tertiary/aromatic N) is 3. The summed E-state index contributed by atoms with van der Waals surface area (Å²) in [5.41, 5.74) is 1.96. The van der Waals surface area contributed by atoms with Crippen molar-refractivity contribution < 1.29 is 12.8 Å². The first kappa shape index (κ1) is 14.5. The van der Waals surface area contributed by atoms with Crippen molar-refractivity contribution in [3.8, 4) is 0 Å². The van der Waals surface area contributed by atoms with Crippen molar-refractivity contribution >= 4 is 37.8 Å². The second-order valence-corrected chi connectivity index (χ2v) is 6.84. The van der Waals surface area contributed by atoms with E-state index in [2.05, 4.69) is 20.1 Å². The lowest BCUT2D eigenvalue weighted by Gasteiger charge is -2.08. The summed E-state index contributed by atoms with van der Waals surface area (Å²) in [6, 6.07) is 9.20. The molecule has 10 heteroatoms. The number of oxazole rings is 1. The smallest absolute Gasteiger partial charge is 0.408 e. The van der Waals surface area contributed by atoms with E-state index in [0.29, 0.717) is 22.2 Å². The zero-order chi connectivity index (χ0) is 16.9. The zero-order valence-electron chi connectivity index (χ0n) is 12.3. The van der Waals surface area contributed by atoms with Crippen LogP contribution in [0.1, 0.15) is 0 Å². The average Bonchev–Trinajstić information content (AvgIpc) is 3.13. The molecule has 0 amide bonds. The lowest BCUT2D eigenvalue weighted by molar-refractivity contribution is 0.527. The lowest BCUT2D eigenvalue weighted by Crippen LogP contribution is -2.13. The van der Waals surface area contributed by atoms with Crippen LogP contribution < -0.4 is 10.5 Å². The Morgan fingerprint density at radius 3 is 2.88 bits per heavy atom. The lowest BCUT2D eigenvalue weighted by atomic mass is 10.3. The Kier molecular flexibility index (Phi) is 2.97. The third-order valence-corrected chi connectivity index (χ3v) is 5.03. The number of sulfonamides is 1. The monoisotopic (exact) mass is 345 g/mol. The van der Waals surface area contributed by atoms with Crippen molar-refractivity contribution in [1.29, 1.82) is 0 Å². The van der Waals surface area contributed by atoms with Crippen LogP contribution in [0.2, 0.25) is 0 Å². The minimum Gasteiger partial charge on any atom is -0.408 e. The Morgan fingerprint density at radius 1 is 1.21 bits per heavy atom. The van der Waals surface area contributed by atoms with E-state index in [4.69, 9.17) is 4.42 Å². The van der Waals surface area contributed by atoms with E-state index in [9.17, 15) is 13.2 Å². The van der Waals surface area contributed by atoms with Gasteiger partial charge >= 0.3 is 5.76 Å². The largest absolute Gasteiger partial charge is 0.419 e. The normalized spacial score (nSPS) is 12.0. The summed E-state index contributed by atoms with van der Waals surface area (Å²) in [7, 11) is -2.33. The van der Waals surface area contributed by atoms with Crippen LogP contribution in [0.15, 0.2) is 50.5 Å². The van der Waals surface area contributed by atoms with Gasteiger partial charge in [-0.15, -0.1) is 0 Å². The number of aromatic amines is 1. The molecule has 2 N–H and O–H groups in total. The van der Waals surface area contributed by atoms with Crippen molar-refractivity contribution in [2.24, 2.45) is 7.05 Å². The van der Waals surface area contributed by atoms with E-state index in [1.54, 1.807) is 25.2 Å². The van der Waals surface area contributed by atoms with Gasteiger partial charge < -0.3 is 4.42 Å². The molecule has 4 rings (SSSR count). The summed E-state index contributed by atoms with van der Waals surface area (Å²) < 4.78 is 34.0. The van der Waals surface area contributed by atoms with Crippen LogP contribution >= 0.6 is 0 Å². The topological polar surface area (TPSA) is 123 Å². The summed E-state index contributed by atoms with van der Waals surface area (Å²) in [5, 5.41) is 10.3. The van der Waals surface area contributed by atoms with Gasteiger partial charge in [0.15, 0.2) is 5.58 Å². The molecule has 4 aromatic rings. The molecule has 122 valence electrons. The molecule has 9 nitrogen and oxygen atoms in total. The van der Waals surface area contributed by atoms with Crippen LogP contribution in [-0.2, 0) is 17.1 Å². The molecule has 0 aliphatic heterocycles. The van der Waals surface area contributed by atoms with Gasteiger partial charge in [0.2, 0.25) is 0 Å². The van der Waals surface area contributed by atoms with Gasteiger partial charge in [0.05, 0.1) is 16.1 Å². The average molecular weight is 345 g/mol. The summed E-state index contributed by atoms with van der Waals surface area (Å²) in [6.07, 6.45) is 0. The maximum atomic E-state index is 12.6. The van der Waals surface area contributed by atoms with Gasteiger partial charge in [0.25, 0.3) is 10.0 Å². The highest BCUT2D eigenvalue weighted by Gasteiger charge is 2.19. The van der Waals surface area contributed by atoms with Gasteiger partial charge in [0.1, 0.15) is 11.0 Å². The molecule has 0 aliphatic carbocycles. The summed E-state index contributed by atoms with van der Waals surface area (Å²) >= 11 is 0. The number of benzene rings is 2. The van der Waals surface area contributed by atoms with Gasteiger partial charge in [-0.05, 0) is 24.3 Å². The molecular formula is C14H11N5O4S. The molecule has 0 saturated heterocycles. The van der Waals surface area contributed by atoms with Crippen molar-refractivity contribution in [3.05, 3.63) is 46.9 Å². The molecule has 0 bridgehead atoms. The first-order chi connectivity index (χ1) is 11.5. The number of fused-ring (bicyclic) bond motifs is 2. The molecule has 24 heavy (non-hydrogen) atoms. The third-order valence-electron chi connectivity index (χ3n) is 3.67. The summed E-state index contributed by atoms with van der Waals surface area (Å²) in [5.74, 6) is -0.556. The zero-order valence-corrected chi connectivity index (χ0v) is 13.2. The van der Waals surface area contributed by atoms with Crippen LogP contribution in [0.5, 0.6) is 0 Å². The molecule has 0 aliphatic rings. The molecule has 2 aromatic heterocycles. The van der Waals surface area contributed by atoms with E-state index in [0.717, 1.165) is 0 Å². The molecule has 0 atom stereocenters. The molecule has 0 radical (unpaired) electrons. The van der Waals surface area contributed by atoms with Crippen molar-refractivity contribution in [3.63, 3.8) is 0 Å². The number of hydrogen-bond acceptors (Lipinski definition) is 6. The fraction of sp³-hybridized carbons (Fsp3) is 0.0714. The fourth-order valence-corrected chi connectivity index (χ4v) is 3.52. The Labute approximate surface area is 134 Å². The Balaban J connectivity index is 1.80. The van der Waals surface area contributed by atoms with E-state index in [1.807, 2.05) is 0 Å². The van der Waals surface area contributed by atoms with Crippen LogP contribution in [0, 0.1) is 0 Å². The van der Waals surface area contributed by atoms with Gasteiger partial charge in [-0.25, -0.2) is 13.2 Å². The molecule has 2 heterocycles.